The van der Waals surface area contributed by atoms with Gasteiger partial charge in [-0.3, -0.25) is 0 Å². The van der Waals surface area contributed by atoms with E-state index in [2.05, 4.69) is 24.1 Å². The topological polar surface area (TPSA) is 29.3 Å². The van der Waals surface area contributed by atoms with Crippen LogP contribution in [-0.4, -0.2) is 15.4 Å². The minimum atomic E-state index is 0.522. The first-order valence-corrected chi connectivity index (χ1v) is 5.93. The summed E-state index contributed by atoms with van der Waals surface area (Å²) >= 11 is 5.91. The van der Waals surface area contributed by atoms with Gasteiger partial charge in [-0.25, -0.2) is 4.98 Å². The van der Waals surface area contributed by atoms with Crippen LogP contribution in [-0.2, 0) is 6.54 Å². The molecule has 86 valence electrons. The molecule has 0 saturated carbocycles. The van der Waals surface area contributed by atoms with Crippen molar-refractivity contribution in [3.05, 3.63) is 35.2 Å². The summed E-state index contributed by atoms with van der Waals surface area (Å²) in [6.07, 6.45) is 5.01. The van der Waals surface area contributed by atoms with E-state index in [1.54, 1.807) is 0 Å². The van der Waals surface area contributed by atoms with E-state index >= 15 is 0 Å². The summed E-state index contributed by atoms with van der Waals surface area (Å²) in [6, 6.07) is 4.30. The normalized spacial score (nSPS) is 13.2. The van der Waals surface area contributed by atoms with E-state index in [0.29, 0.717) is 6.04 Å². The van der Waals surface area contributed by atoms with Crippen molar-refractivity contribution in [1.29, 1.82) is 0 Å². The monoisotopic (exact) mass is 237 g/mol. The van der Waals surface area contributed by atoms with Crippen LogP contribution in [0.15, 0.2) is 24.5 Å². The summed E-state index contributed by atoms with van der Waals surface area (Å²) in [5.74, 6) is 0. The average Bonchev–Trinajstić information content (AvgIpc) is 2.67. The smallest absolute Gasteiger partial charge is 0.137 e. The van der Waals surface area contributed by atoms with Gasteiger partial charge in [0.1, 0.15) is 5.65 Å². The van der Waals surface area contributed by atoms with Gasteiger partial charge in [0.2, 0.25) is 0 Å². The minimum absolute atomic E-state index is 0.522. The second kappa shape index (κ2) is 4.85. The molecule has 0 aliphatic carbocycles. The van der Waals surface area contributed by atoms with Gasteiger partial charge in [0.25, 0.3) is 0 Å². The molecule has 0 bridgehead atoms. The molecule has 0 aliphatic rings. The van der Waals surface area contributed by atoms with Crippen molar-refractivity contribution in [1.82, 2.24) is 14.7 Å². The lowest BCUT2D eigenvalue weighted by Gasteiger charge is -2.08. The third-order valence-electron chi connectivity index (χ3n) is 2.71. The maximum Gasteiger partial charge on any atom is 0.137 e. The van der Waals surface area contributed by atoms with Gasteiger partial charge in [0.05, 0.1) is 10.7 Å². The first kappa shape index (κ1) is 11.4. The second-order valence-corrected chi connectivity index (χ2v) is 4.47. The molecule has 2 aromatic heterocycles. The first-order chi connectivity index (χ1) is 7.69. The highest BCUT2D eigenvalue weighted by molar-refractivity contribution is 6.30. The first-order valence-electron chi connectivity index (χ1n) is 5.55. The number of imidazole rings is 1. The van der Waals surface area contributed by atoms with Crippen LogP contribution in [0.25, 0.3) is 5.65 Å². The number of rotatable bonds is 4. The Balaban J connectivity index is 2.13. The molecule has 3 nitrogen and oxygen atoms in total. The SMILES string of the molecule is CCC(C)NCc1cn2cc(Cl)ccc2n1. The van der Waals surface area contributed by atoms with E-state index in [1.165, 1.54) is 0 Å². The highest BCUT2D eigenvalue weighted by atomic mass is 35.5. The summed E-state index contributed by atoms with van der Waals surface area (Å²) in [5, 5.41) is 4.14. The zero-order chi connectivity index (χ0) is 11.5. The average molecular weight is 238 g/mol. The zero-order valence-electron chi connectivity index (χ0n) is 9.57. The molecule has 1 N–H and O–H groups in total. The van der Waals surface area contributed by atoms with Gasteiger partial charge in [-0.2, -0.15) is 0 Å². The third-order valence-corrected chi connectivity index (χ3v) is 2.93. The molecule has 2 aromatic rings. The Morgan fingerprint density at radius 2 is 2.25 bits per heavy atom. The van der Waals surface area contributed by atoms with Crippen LogP contribution >= 0.6 is 11.6 Å². The number of nitrogens with one attached hydrogen (secondary N) is 1. The molecule has 4 heteroatoms. The number of fused-ring (bicyclic) bond motifs is 1. The summed E-state index contributed by atoms with van der Waals surface area (Å²) in [6.45, 7) is 5.14. The van der Waals surface area contributed by atoms with E-state index in [0.717, 1.165) is 29.3 Å². The molecule has 2 heterocycles. The van der Waals surface area contributed by atoms with Crippen molar-refractivity contribution in [2.45, 2.75) is 32.9 Å². The molecular formula is C12H16ClN3. The molecular weight excluding hydrogens is 222 g/mol. The van der Waals surface area contributed by atoms with Gasteiger partial charge in [0, 0.05) is 25.0 Å². The van der Waals surface area contributed by atoms with Gasteiger partial charge in [-0.05, 0) is 25.5 Å². The van der Waals surface area contributed by atoms with Crippen LogP contribution in [0.2, 0.25) is 5.02 Å². The Kier molecular flexibility index (Phi) is 3.46. The summed E-state index contributed by atoms with van der Waals surface area (Å²) in [4.78, 5) is 4.50. The molecule has 0 amide bonds. The number of aromatic nitrogens is 2. The van der Waals surface area contributed by atoms with E-state index in [-0.39, 0.29) is 0 Å². The second-order valence-electron chi connectivity index (χ2n) is 4.04. The van der Waals surface area contributed by atoms with Crippen molar-refractivity contribution in [3.8, 4) is 0 Å². The van der Waals surface area contributed by atoms with Crippen molar-refractivity contribution in [3.63, 3.8) is 0 Å². The summed E-state index contributed by atoms with van der Waals surface area (Å²) in [5.41, 5.74) is 1.98. The molecule has 0 aromatic carbocycles. The van der Waals surface area contributed by atoms with Gasteiger partial charge >= 0.3 is 0 Å². The van der Waals surface area contributed by atoms with E-state index < -0.39 is 0 Å². The van der Waals surface area contributed by atoms with E-state index in [9.17, 15) is 0 Å². The highest BCUT2D eigenvalue weighted by Crippen LogP contribution is 2.11. The summed E-state index contributed by atoms with van der Waals surface area (Å²) in [7, 11) is 0. The Morgan fingerprint density at radius 1 is 1.44 bits per heavy atom. The van der Waals surface area contributed by atoms with Crippen molar-refractivity contribution >= 4 is 17.2 Å². The third kappa shape index (κ3) is 2.54. The predicted molar refractivity (Wildman–Crippen MR) is 66.8 cm³/mol. The molecule has 0 spiro atoms. The van der Waals surface area contributed by atoms with E-state index in [4.69, 9.17) is 11.6 Å². The van der Waals surface area contributed by atoms with Gasteiger partial charge in [-0.15, -0.1) is 0 Å². The standard InChI is InChI=1S/C12H16ClN3/c1-3-9(2)14-6-11-8-16-7-10(13)4-5-12(16)15-11/h4-5,7-9,14H,3,6H2,1-2H3. The zero-order valence-corrected chi connectivity index (χ0v) is 10.3. The fourth-order valence-corrected chi connectivity index (χ4v) is 1.69. The lowest BCUT2D eigenvalue weighted by molar-refractivity contribution is 0.530. The van der Waals surface area contributed by atoms with Crippen LogP contribution in [0.5, 0.6) is 0 Å². The molecule has 0 radical (unpaired) electrons. The van der Waals surface area contributed by atoms with Gasteiger partial charge in [-0.1, -0.05) is 18.5 Å². The van der Waals surface area contributed by atoms with Crippen molar-refractivity contribution in [2.75, 3.05) is 0 Å². The molecule has 2 rings (SSSR count). The van der Waals surface area contributed by atoms with E-state index in [1.807, 2.05) is 28.9 Å². The van der Waals surface area contributed by atoms with Crippen molar-refractivity contribution in [2.24, 2.45) is 0 Å². The van der Waals surface area contributed by atoms with Crippen molar-refractivity contribution < 1.29 is 0 Å². The minimum Gasteiger partial charge on any atom is -0.309 e. The van der Waals surface area contributed by atoms with Crippen LogP contribution in [0.4, 0.5) is 0 Å². The molecule has 0 saturated heterocycles. The van der Waals surface area contributed by atoms with Crippen LogP contribution in [0, 0.1) is 0 Å². The van der Waals surface area contributed by atoms with Crippen LogP contribution in [0.3, 0.4) is 0 Å². The lowest BCUT2D eigenvalue weighted by Crippen LogP contribution is -2.24. The number of hydrogen-bond acceptors (Lipinski definition) is 2. The van der Waals surface area contributed by atoms with Crippen LogP contribution < -0.4 is 5.32 Å². The number of hydrogen-bond donors (Lipinski definition) is 1. The Bertz CT molecular complexity index is 478. The fourth-order valence-electron chi connectivity index (χ4n) is 1.53. The largest absolute Gasteiger partial charge is 0.309 e. The van der Waals surface area contributed by atoms with Crippen LogP contribution in [0.1, 0.15) is 26.0 Å². The quantitative estimate of drug-likeness (QED) is 0.886. The Hall–Kier alpha value is -1.06. The predicted octanol–water partition coefficient (Wildman–Crippen LogP) is 2.88. The number of pyridine rings is 1. The molecule has 16 heavy (non-hydrogen) atoms. The molecule has 1 atom stereocenters. The molecule has 1 unspecified atom stereocenters. The fraction of sp³-hybridized carbons (Fsp3) is 0.417. The number of halogens is 1. The molecule has 0 fully saturated rings. The van der Waals surface area contributed by atoms with Gasteiger partial charge in [0.15, 0.2) is 0 Å². The Morgan fingerprint density at radius 3 is 3.00 bits per heavy atom. The lowest BCUT2D eigenvalue weighted by atomic mass is 10.2. The molecule has 0 aliphatic heterocycles. The maximum absolute atomic E-state index is 5.91. The number of nitrogens with zero attached hydrogens (tertiary/aromatic N) is 2. The maximum atomic E-state index is 5.91. The summed E-state index contributed by atoms with van der Waals surface area (Å²) < 4.78 is 1.95. The highest BCUT2D eigenvalue weighted by Gasteiger charge is 2.03. The van der Waals surface area contributed by atoms with Gasteiger partial charge < -0.3 is 9.72 Å². The Labute approximate surface area is 100 Å².